The van der Waals surface area contributed by atoms with Gasteiger partial charge in [-0.1, -0.05) is 25.4 Å². The van der Waals surface area contributed by atoms with Gasteiger partial charge in [0, 0.05) is 31.1 Å². The number of guanidine groups is 1. The molecule has 0 unspecified atom stereocenters. The van der Waals surface area contributed by atoms with Crippen LogP contribution in [0.5, 0.6) is 0 Å². The molecule has 23 heavy (non-hydrogen) atoms. The quantitative estimate of drug-likeness (QED) is 0.441. The molecular formula is C17H30ClN3OS. The molecule has 1 rings (SSSR count). The van der Waals surface area contributed by atoms with Crippen molar-refractivity contribution in [3.05, 3.63) is 21.3 Å². The Kier molecular flexibility index (Phi) is 9.60. The first-order valence-corrected chi connectivity index (χ1v) is 9.65. The van der Waals surface area contributed by atoms with Crippen molar-refractivity contribution in [2.45, 2.75) is 46.5 Å². The van der Waals surface area contributed by atoms with Crippen LogP contribution in [0.2, 0.25) is 4.34 Å². The Morgan fingerprint density at radius 2 is 2.00 bits per heavy atom. The van der Waals surface area contributed by atoms with E-state index in [2.05, 4.69) is 37.5 Å². The van der Waals surface area contributed by atoms with Gasteiger partial charge in [-0.05, 0) is 50.2 Å². The van der Waals surface area contributed by atoms with E-state index in [1.807, 2.05) is 6.07 Å². The zero-order valence-corrected chi connectivity index (χ0v) is 16.1. The minimum Gasteiger partial charge on any atom is -0.396 e. The number of halogens is 1. The molecule has 0 atom stereocenters. The van der Waals surface area contributed by atoms with Gasteiger partial charge in [0.15, 0.2) is 5.96 Å². The normalized spacial score (nSPS) is 12.5. The van der Waals surface area contributed by atoms with Gasteiger partial charge in [0.2, 0.25) is 0 Å². The highest BCUT2D eigenvalue weighted by Gasteiger charge is 2.25. The van der Waals surface area contributed by atoms with Gasteiger partial charge < -0.3 is 15.7 Å². The number of nitrogens with zero attached hydrogens (tertiary/aromatic N) is 1. The molecule has 6 heteroatoms. The molecule has 0 radical (unpaired) electrons. The van der Waals surface area contributed by atoms with Crippen molar-refractivity contribution < 1.29 is 5.11 Å². The van der Waals surface area contributed by atoms with Crippen LogP contribution in [0, 0.1) is 5.41 Å². The monoisotopic (exact) mass is 359 g/mol. The lowest BCUT2D eigenvalue weighted by Crippen LogP contribution is -2.39. The SMILES string of the molecule is CCNC(=NCC(CC)(CC)CCO)NCCc1ccc(Cl)s1. The second-order valence-corrected chi connectivity index (χ2v) is 7.56. The number of nitrogens with one attached hydrogen (secondary N) is 2. The topological polar surface area (TPSA) is 56.7 Å². The molecule has 0 spiro atoms. The summed E-state index contributed by atoms with van der Waals surface area (Å²) in [5.41, 5.74) is 0.0956. The van der Waals surface area contributed by atoms with Crippen LogP contribution in [0.3, 0.4) is 0 Å². The first-order chi connectivity index (χ1) is 11.1. The molecule has 3 N–H and O–H groups in total. The summed E-state index contributed by atoms with van der Waals surface area (Å²) in [5.74, 6) is 0.847. The van der Waals surface area contributed by atoms with E-state index < -0.39 is 0 Å². The fourth-order valence-electron chi connectivity index (χ4n) is 2.52. The van der Waals surface area contributed by atoms with E-state index in [-0.39, 0.29) is 12.0 Å². The summed E-state index contributed by atoms with van der Waals surface area (Å²) in [7, 11) is 0. The summed E-state index contributed by atoms with van der Waals surface area (Å²) in [5, 5.41) is 16.0. The van der Waals surface area contributed by atoms with E-state index in [9.17, 15) is 5.11 Å². The van der Waals surface area contributed by atoms with Gasteiger partial charge in [-0.15, -0.1) is 11.3 Å². The molecule has 0 bridgehead atoms. The van der Waals surface area contributed by atoms with Gasteiger partial charge >= 0.3 is 0 Å². The second kappa shape index (κ2) is 10.9. The largest absolute Gasteiger partial charge is 0.396 e. The number of aliphatic imine (C=N–C) groups is 1. The summed E-state index contributed by atoms with van der Waals surface area (Å²) in [4.78, 5) is 6.02. The Hall–Kier alpha value is -0.780. The number of rotatable bonds is 10. The molecule has 0 saturated carbocycles. The third kappa shape index (κ3) is 7.10. The summed E-state index contributed by atoms with van der Waals surface area (Å²) in [6, 6.07) is 4.01. The maximum Gasteiger partial charge on any atom is 0.191 e. The van der Waals surface area contributed by atoms with Crippen LogP contribution in [-0.2, 0) is 6.42 Å². The predicted octanol–water partition coefficient (Wildman–Crippen LogP) is 3.69. The van der Waals surface area contributed by atoms with E-state index in [4.69, 9.17) is 16.6 Å². The lowest BCUT2D eigenvalue weighted by molar-refractivity contribution is 0.175. The molecule has 0 aliphatic carbocycles. The first-order valence-electron chi connectivity index (χ1n) is 8.46. The Bertz CT molecular complexity index is 472. The Morgan fingerprint density at radius 1 is 1.26 bits per heavy atom. The maximum absolute atomic E-state index is 9.31. The van der Waals surface area contributed by atoms with Gasteiger partial charge in [0.1, 0.15) is 0 Å². The van der Waals surface area contributed by atoms with Crippen LogP contribution in [0.1, 0.15) is 44.9 Å². The van der Waals surface area contributed by atoms with E-state index >= 15 is 0 Å². The van der Waals surface area contributed by atoms with Crippen molar-refractivity contribution in [3.63, 3.8) is 0 Å². The molecule has 0 aliphatic heterocycles. The molecule has 0 fully saturated rings. The van der Waals surface area contributed by atoms with E-state index in [0.29, 0.717) is 0 Å². The first kappa shape index (κ1) is 20.3. The van der Waals surface area contributed by atoms with Crippen molar-refractivity contribution in [1.82, 2.24) is 10.6 Å². The third-order valence-corrected chi connectivity index (χ3v) is 5.64. The molecule has 0 aromatic carbocycles. The fraction of sp³-hybridized carbons (Fsp3) is 0.706. The number of aliphatic hydroxyl groups excluding tert-OH is 1. The van der Waals surface area contributed by atoms with Gasteiger partial charge in [0.25, 0.3) is 0 Å². The Balaban J connectivity index is 2.57. The third-order valence-electron chi connectivity index (χ3n) is 4.35. The van der Waals surface area contributed by atoms with Crippen molar-refractivity contribution in [2.24, 2.45) is 10.4 Å². The molecule has 1 aromatic heterocycles. The minimum atomic E-state index is 0.0956. The summed E-state index contributed by atoms with van der Waals surface area (Å²) >= 11 is 7.58. The van der Waals surface area contributed by atoms with E-state index in [0.717, 1.165) is 55.6 Å². The highest BCUT2D eigenvalue weighted by Crippen LogP contribution is 2.30. The van der Waals surface area contributed by atoms with Crippen LogP contribution in [0.4, 0.5) is 0 Å². The van der Waals surface area contributed by atoms with Crippen molar-refractivity contribution in [3.8, 4) is 0 Å². The maximum atomic E-state index is 9.31. The summed E-state index contributed by atoms with van der Waals surface area (Å²) < 4.78 is 0.834. The van der Waals surface area contributed by atoms with Crippen molar-refractivity contribution in [1.29, 1.82) is 0 Å². The Morgan fingerprint density at radius 3 is 2.52 bits per heavy atom. The van der Waals surface area contributed by atoms with Crippen LogP contribution in [-0.4, -0.2) is 37.3 Å². The highest BCUT2D eigenvalue weighted by molar-refractivity contribution is 7.16. The van der Waals surface area contributed by atoms with E-state index in [1.54, 1.807) is 11.3 Å². The molecule has 4 nitrogen and oxygen atoms in total. The number of aliphatic hydroxyl groups is 1. The molecular weight excluding hydrogens is 330 g/mol. The number of hydrogen-bond donors (Lipinski definition) is 3. The average Bonchev–Trinajstić information content (AvgIpc) is 2.96. The number of thiophene rings is 1. The second-order valence-electron chi connectivity index (χ2n) is 5.76. The summed E-state index contributed by atoms with van der Waals surface area (Å²) in [6.45, 7) is 9.04. The smallest absolute Gasteiger partial charge is 0.191 e. The van der Waals surface area contributed by atoms with Crippen molar-refractivity contribution in [2.75, 3.05) is 26.2 Å². The van der Waals surface area contributed by atoms with Crippen LogP contribution in [0.25, 0.3) is 0 Å². The average molecular weight is 360 g/mol. The lowest BCUT2D eigenvalue weighted by Gasteiger charge is -2.29. The van der Waals surface area contributed by atoms with Gasteiger partial charge in [-0.25, -0.2) is 0 Å². The van der Waals surface area contributed by atoms with Gasteiger partial charge in [-0.3, -0.25) is 4.99 Å². The molecule has 1 heterocycles. The van der Waals surface area contributed by atoms with Gasteiger partial charge in [0.05, 0.1) is 4.34 Å². The van der Waals surface area contributed by atoms with Crippen LogP contribution < -0.4 is 10.6 Å². The molecule has 0 amide bonds. The number of hydrogen-bond acceptors (Lipinski definition) is 3. The zero-order valence-electron chi connectivity index (χ0n) is 14.5. The lowest BCUT2D eigenvalue weighted by atomic mass is 9.79. The Labute approximate surface area is 149 Å². The standard InChI is InChI=1S/C17H30ClN3OS/c1-4-17(5-2,10-12-22)13-21-16(19-6-3)20-11-9-14-7-8-15(18)23-14/h7-8,22H,4-6,9-13H2,1-3H3,(H2,19,20,21). The van der Waals surface area contributed by atoms with Crippen molar-refractivity contribution >= 4 is 28.9 Å². The zero-order chi connectivity index (χ0) is 17.1. The fourth-order valence-corrected chi connectivity index (χ4v) is 3.61. The molecule has 1 aromatic rings. The van der Waals surface area contributed by atoms with Gasteiger partial charge in [-0.2, -0.15) is 0 Å². The van der Waals surface area contributed by atoms with Crippen LogP contribution >= 0.6 is 22.9 Å². The summed E-state index contributed by atoms with van der Waals surface area (Å²) in [6.07, 6.45) is 3.79. The molecule has 0 aliphatic rings. The minimum absolute atomic E-state index is 0.0956. The van der Waals surface area contributed by atoms with E-state index in [1.165, 1.54) is 4.88 Å². The highest BCUT2D eigenvalue weighted by atomic mass is 35.5. The predicted molar refractivity (Wildman–Crippen MR) is 102 cm³/mol. The molecule has 132 valence electrons. The molecule has 0 saturated heterocycles. The van der Waals surface area contributed by atoms with Crippen LogP contribution in [0.15, 0.2) is 17.1 Å².